The fraction of sp³-hybridized carbons (Fsp3) is 0.667. The molecule has 0 aromatic heterocycles. The van der Waals surface area contributed by atoms with Crippen molar-refractivity contribution in [3.05, 3.63) is 6.04 Å². The van der Waals surface area contributed by atoms with E-state index >= 15 is 0 Å². The second kappa shape index (κ2) is 5.03. The maximum absolute atomic E-state index is 5.14. The van der Waals surface area contributed by atoms with Crippen molar-refractivity contribution in [2.24, 2.45) is 5.73 Å². The molecule has 6 heavy (non-hydrogen) atoms. The van der Waals surface area contributed by atoms with Crippen LogP contribution in [0, 0.1) is 6.04 Å². The SMILES string of the molecule is N[C]1CC1.[Cl][K]. The van der Waals surface area contributed by atoms with Crippen LogP contribution in [0.5, 0.6) is 0 Å². The van der Waals surface area contributed by atoms with Crippen molar-refractivity contribution >= 4 is 50.9 Å². The van der Waals surface area contributed by atoms with Gasteiger partial charge in [0.15, 0.2) is 0 Å². The molecule has 0 amide bonds. The van der Waals surface area contributed by atoms with Crippen LogP contribution in [0.2, 0.25) is 0 Å². The minimum atomic E-state index is 0.535. The molecule has 31 valence electrons. The molecule has 1 fully saturated rings. The fourth-order valence-electron chi connectivity index (χ4n) is 0.0722. The second-order valence-corrected chi connectivity index (χ2v) is 1.16. The van der Waals surface area contributed by atoms with Gasteiger partial charge in [-0.25, -0.2) is 0 Å². The van der Waals surface area contributed by atoms with Gasteiger partial charge in [0, 0.05) is 6.04 Å². The first-order valence-corrected chi connectivity index (χ1v) is 6.17. The molecule has 1 aliphatic rings. The molecule has 0 atom stereocenters. The Balaban J connectivity index is 0.000000112. The number of hydrogen-bond donors (Lipinski definition) is 1. The van der Waals surface area contributed by atoms with E-state index in [0.29, 0.717) is 47.1 Å². The van der Waals surface area contributed by atoms with Crippen LogP contribution >= 0.6 is 3.76 Å². The average Bonchev–Trinajstić information content (AvgIpc) is 2.30. The molecule has 1 saturated carbocycles. The van der Waals surface area contributed by atoms with Crippen molar-refractivity contribution in [1.29, 1.82) is 0 Å². The normalized spacial score (nSPS) is 18.7. The predicted octanol–water partition coefficient (Wildman–Crippen LogP) is 0.580. The van der Waals surface area contributed by atoms with Crippen molar-refractivity contribution in [3.8, 4) is 0 Å². The van der Waals surface area contributed by atoms with Crippen LogP contribution in [0.15, 0.2) is 0 Å². The molecule has 3 heteroatoms. The van der Waals surface area contributed by atoms with E-state index in [-0.39, 0.29) is 0 Å². The Labute approximate surface area is 74.0 Å². The molecule has 0 heterocycles. The van der Waals surface area contributed by atoms with Crippen LogP contribution in [-0.2, 0) is 0 Å². The summed E-state index contributed by atoms with van der Waals surface area (Å²) >= 11 is 0.535. The van der Waals surface area contributed by atoms with Crippen LogP contribution in [0.25, 0.3) is 0 Å². The molecule has 0 aromatic carbocycles. The molecule has 0 unspecified atom stereocenters. The van der Waals surface area contributed by atoms with Crippen LogP contribution in [0.1, 0.15) is 12.8 Å². The third kappa shape index (κ3) is 5.89. The zero-order valence-electron chi connectivity index (χ0n) is 3.87. The summed E-state index contributed by atoms with van der Waals surface area (Å²) in [7, 11) is 0. The van der Waals surface area contributed by atoms with Crippen molar-refractivity contribution in [3.63, 3.8) is 0 Å². The summed E-state index contributed by atoms with van der Waals surface area (Å²) in [6, 6.07) is 1.17. The van der Waals surface area contributed by atoms with Gasteiger partial charge in [0.1, 0.15) is 0 Å². The van der Waals surface area contributed by atoms with Crippen molar-refractivity contribution in [2.45, 2.75) is 12.8 Å². The topological polar surface area (TPSA) is 26.0 Å². The number of halogens is 1. The first-order chi connectivity index (χ1) is 2.89. The standard InChI is InChI=1S/C3H6N.ClH.K/c4-3-1-2-3;;/h1-2,4H2;1H;/q;;+1/p-1. The molecule has 0 aliphatic heterocycles. The van der Waals surface area contributed by atoms with E-state index in [4.69, 9.17) is 9.50 Å². The molecular formula is C3H6ClKN. The van der Waals surface area contributed by atoms with E-state index in [9.17, 15) is 0 Å². The van der Waals surface area contributed by atoms with Crippen molar-refractivity contribution < 1.29 is 0 Å². The Morgan fingerprint density at radius 3 is 1.67 bits per heavy atom. The van der Waals surface area contributed by atoms with Gasteiger partial charge in [-0.05, 0) is 12.8 Å². The van der Waals surface area contributed by atoms with Gasteiger partial charge >= 0.3 is 50.9 Å². The van der Waals surface area contributed by atoms with E-state index in [1.54, 1.807) is 0 Å². The maximum atomic E-state index is 5.14. The van der Waals surface area contributed by atoms with Gasteiger partial charge < -0.3 is 5.73 Å². The Bertz CT molecular complexity index is 30.0. The van der Waals surface area contributed by atoms with Gasteiger partial charge in [-0.2, -0.15) is 0 Å². The minimum absolute atomic E-state index is 0.535. The van der Waals surface area contributed by atoms with Crippen LogP contribution in [0.3, 0.4) is 0 Å². The van der Waals surface area contributed by atoms with Gasteiger partial charge in [-0.15, -0.1) is 0 Å². The zero-order chi connectivity index (χ0) is 4.99. The molecule has 1 aliphatic carbocycles. The summed E-state index contributed by atoms with van der Waals surface area (Å²) in [6.45, 7) is 0. The second-order valence-electron chi connectivity index (χ2n) is 1.16. The summed E-state index contributed by atoms with van der Waals surface area (Å²) in [5.41, 5.74) is 5.14. The molecule has 1 rings (SSSR count). The van der Waals surface area contributed by atoms with Gasteiger partial charge in [0.05, 0.1) is 0 Å². The first-order valence-electron chi connectivity index (χ1n) is 1.87. The third-order valence-electron chi connectivity index (χ3n) is 0.539. The van der Waals surface area contributed by atoms with E-state index in [2.05, 4.69) is 0 Å². The van der Waals surface area contributed by atoms with Gasteiger partial charge in [0.25, 0.3) is 0 Å². The van der Waals surface area contributed by atoms with Crippen molar-refractivity contribution in [2.75, 3.05) is 0 Å². The summed E-state index contributed by atoms with van der Waals surface area (Å²) in [5.74, 6) is 0. The van der Waals surface area contributed by atoms with E-state index < -0.39 is 0 Å². The fourth-order valence-corrected chi connectivity index (χ4v) is 0.0722. The van der Waals surface area contributed by atoms with Crippen LogP contribution in [0.4, 0.5) is 0 Å². The van der Waals surface area contributed by atoms with E-state index in [0.717, 1.165) is 0 Å². The van der Waals surface area contributed by atoms with Gasteiger partial charge in [0.2, 0.25) is 0 Å². The molecule has 1 radical (unpaired) electrons. The number of nitrogens with two attached hydrogens (primary N) is 1. The van der Waals surface area contributed by atoms with Crippen LogP contribution in [-0.4, -0.2) is 47.1 Å². The van der Waals surface area contributed by atoms with Crippen LogP contribution < -0.4 is 5.73 Å². The number of rotatable bonds is 0. The van der Waals surface area contributed by atoms with Gasteiger partial charge in [-0.3, -0.25) is 0 Å². The summed E-state index contributed by atoms with van der Waals surface area (Å²) < 4.78 is 4.83. The molecular weight excluding hydrogens is 125 g/mol. The van der Waals surface area contributed by atoms with E-state index in [1.807, 2.05) is 0 Å². The number of hydrogen-bond acceptors (Lipinski definition) is 1. The Hall–Kier alpha value is 1.89. The van der Waals surface area contributed by atoms with Gasteiger partial charge in [-0.1, -0.05) is 0 Å². The van der Waals surface area contributed by atoms with Crippen molar-refractivity contribution in [1.82, 2.24) is 0 Å². The predicted molar refractivity (Wildman–Crippen MR) is 28.3 cm³/mol. The molecule has 0 aromatic rings. The molecule has 1 nitrogen and oxygen atoms in total. The molecule has 0 bridgehead atoms. The third-order valence-corrected chi connectivity index (χ3v) is 0.539. The average molecular weight is 131 g/mol. The summed E-state index contributed by atoms with van der Waals surface area (Å²) in [6.07, 6.45) is 2.36. The Kier molecular flexibility index (Phi) is 6.61. The molecule has 0 spiro atoms. The zero-order valence-corrected chi connectivity index (χ0v) is 7.75. The summed E-state index contributed by atoms with van der Waals surface area (Å²) in [5, 5.41) is 0. The monoisotopic (exact) mass is 130 g/mol. The summed E-state index contributed by atoms with van der Waals surface area (Å²) in [4.78, 5) is 0. The Morgan fingerprint density at radius 1 is 1.50 bits per heavy atom. The molecule has 2 N–H and O–H groups in total. The quantitative estimate of drug-likeness (QED) is 0.477. The first kappa shape index (κ1) is 7.89. The Morgan fingerprint density at radius 2 is 1.67 bits per heavy atom. The molecule has 0 saturated heterocycles. The van der Waals surface area contributed by atoms with E-state index in [1.165, 1.54) is 18.9 Å².